The molecule has 1 aromatic carbocycles. The van der Waals surface area contributed by atoms with Crippen molar-refractivity contribution in [3.05, 3.63) is 43.5 Å². The second-order valence-electron chi connectivity index (χ2n) is 4.33. The Kier molecular flexibility index (Phi) is 4.76. The maximum Gasteiger partial charge on any atom is 0.143 e. The number of anilines is 1. The molecular weight excluding hydrogens is 346 g/mol. The monoisotopic (exact) mass is 359 g/mol. The van der Waals surface area contributed by atoms with Crippen molar-refractivity contribution in [1.29, 1.82) is 0 Å². The van der Waals surface area contributed by atoms with E-state index in [1.54, 1.807) is 18.4 Å². The summed E-state index contributed by atoms with van der Waals surface area (Å²) < 4.78 is 6.48. The average molecular weight is 361 g/mol. The second-order valence-corrected chi connectivity index (χ2v) is 6.60. The number of rotatable bonds is 4. The number of hydrogen-bond acceptors (Lipinski definition) is 3. The molecule has 0 saturated heterocycles. The summed E-state index contributed by atoms with van der Waals surface area (Å²) in [7, 11) is 1.65. The van der Waals surface area contributed by atoms with Gasteiger partial charge in [-0.15, -0.1) is 11.3 Å². The zero-order valence-electron chi connectivity index (χ0n) is 11.0. The van der Waals surface area contributed by atoms with E-state index in [2.05, 4.69) is 39.6 Å². The van der Waals surface area contributed by atoms with Gasteiger partial charge in [-0.3, -0.25) is 0 Å². The quantitative estimate of drug-likeness (QED) is 0.760. The summed E-state index contributed by atoms with van der Waals surface area (Å²) in [4.78, 5) is 1.27. The summed E-state index contributed by atoms with van der Waals surface area (Å²) in [5.41, 5.74) is 1.99. The van der Waals surface area contributed by atoms with Crippen molar-refractivity contribution in [2.24, 2.45) is 0 Å². The number of methoxy groups -OCH3 is 1. The molecule has 2 aromatic rings. The molecule has 0 amide bonds. The van der Waals surface area contributed by atoms with Gasteiger partial charge in [0.1, 0.15) is 5.75 Å². The van der Waals surface area contributed by atoms with Crippen LogP contribution in [-0.4, -0.2) is 7.11 Å². The molecule has 2 rings (SSSR count). The molecule has 102 valence electrons. The molecule has 1 unspecified atom stereocenters. The molecule has 0 aliphatic carbocycles. The lowest BCUT2D eigenvalue weighted by atomic mass is 10.2. The molecule has 0 radical (unpaired) electrons. The Hall–Kier alpha value is -0.710. The molecule has 0 fully saturated rings. The van der Waals surface area contributed by atoms with Crippen LogP contribution in [0.3, 0.4) is 0 Å². The Morgan fingerprint density at radius 2 is 2.11 bits per heavy atom. The number of aryl methyl sites for hydroxylation is 1. The molecule has 0 saturated carbocycles. The van der Waals surface area contributed by atoms with Crippen molar-refractivity contribution in [2.75, 3.05) is 12.4 Å². The van der Waals surface area contributed by atoms with Gasteiger partial charge in [0, 0.05) is 25.8 Å². The third-order valence-corrected chi connectivity index (χ3v) is 5.15. The van der Waals surface area contributed by atoms with Crippen LogP contribution in [-0.2, 0) is 0 Å². The number of hydrogen-bond donors (Lipinski definition) is 1. The number of thiophene rings is 1. The van der Waals surface area contributed by atoms with E-state index in [1.165, 1.54) is 4.88 Å². The van der Waals surface area contributed by atoms with Gasteiger partial charge in [-0.25, -0.2) is 0 Å². The summed E-state index contributed by atoms with van der Waals surface area (Å²) in [5.74, 6) is 0.762. The van der Waals surface area contributed by atoms with Crippen LogP contribution in [0.1, 0.15) is 23.4 Å². The highest BCUT2D eigenvalue weighted by Gasteiger charge is 2.12. The SMILES string of the molecule is COc1cc(Cl)c(C)cc1NC(C)c1cc(Br)cs1. The Morgan fingerprint density at radius 3 is 2.68 bits per heavy atom. The van der Waals surface area contributed by atoms with Crippen LogP contribution >= 0.6 is 38.9 Å². The highest BCUT2D eigenvalue weighted by atomic mass is 79.9. The zero-order valence-corrected chi connectivity index (χ0v) is 14.1. The van der Waals surface area contributed by atoms with Gasteiger partial charge in [0.25, 0.3) is 0 Å². The Bertz CT molecular complexity index is 585. The fourth-order valence-electron chi connectivity index (χ4n) is 1.80. The number of nitrogens with one attached hydrogen (secondary N) is 1. The number of halogens is 2. The maximum atomic E-state index is 6.11. The lowest BCUT2D eigenvalue weighted by Crippen LogP contribution is -2.06. The molecule has 0 aliphatic rings. The standard InChI is InChI=1S/C14H15BrClNOS/c1-8-4-12(13(18-3)6-11(8)16)17-9(2)14-5-10(15)7-19-14/h4-7,9,17H,1-3H3. The first-order chi connectivity index (χ1) is 9.01. The van der Waals surface area contributed by atoms with Crippen LogP contribution in [0.25, 0.3) is 0 Å². The van der Waals surface area contributed by atoms with Crippen LogP contribution in [0.4, 0.5) is 5.69 Å². The van der Waals surface area contributed by atoms with Gasteiger partial charge in [0.05, 0.1) is 18.8 Å². The average Bonchev–Trinajstić information content (AvgIpc) is 2.80. The van der Waals surface area contributed by atoms with Crippen molar-refractivity contribution in [3.8, 4) is 5.75 Å². The molecule has 1 aromatic heterocycles. The van der Waals surface area contributed by atoms with Crippen LogP contribution in [0.2, 0.25) is 5.02 Å². The summed E-state index contributed by atoms with van der Waals surface area (Å²) in [6, 6.07) is 6.19. The molecule has 0 spiro atoms. The molecule has 0 aliphatic heterocycles. The molecule has 1 N–H and O–H groups in total. The van der Waals surface area contributed by atoms with E-state index in [0.717, 1.165) is 21.5 Å². The minimum absolute atomic E-state index is 0.214. The lowest BCUT2D eigenvalue weighted by molar-refractivity contribution is 0.416. The van der Waals surface area contributed by atoms with E-state index >= 15 is 0 Å². The van der Waals surface area contributed by atoms with Crippen LogP contribution in [0.5, 0.6) is 5.75 Å². The van der Waals surface area contributed by atoms with Crippen molar-refractivity contribution in [3.63, 3.8) is 0 Å². The molecule has 19 heavy (non-hydrogen) atoms. The molecule has 0 bridgehead atoms. The summed E-state index contributed by atoms with van der Waals surface area (Å²) in [6.45, 7) is 4.11. The molecule has 1 atom stereocenters. The highest BCUT2D eigenvalue weighted by molar-refractivity contribution is 9.10. The van der Waals surface area contributed by atoms with Crippen molar-refractivity contribution >= 4 is 44.6 Å². The van der Waals surface area contributed by atoms with E-state index in [-0.39, 0.29) is 6.04 Å². The first-order valence-electron chi connectivity index (χ1n) is 5.86. The smallest absolute Gasteiger partial charge is 0.143 e. The predicted molar refractivity (Wildman–Crippen MR) is 86.8 cm³/mol. The van der Waals surface area contributed by atoms with Crippen LogP contribution in [0, 0.1) is 6.92 Å². The molecular formula is C14H15BrClNOS. The molecule has 1 heterocycles. The summed E-state index contributed by atoms with van der Waals surface area (Å²) in [5, 5.41) is 6.26. The minimum atomic E-state index is 0.214. The first kappa shape index (κ1) is 14.7. The summed E-state index contributed by atoms with van der Waals surface area (Å²) in [6.07, 6.45) is 0. The lowest BCUT2D eigenvalue weighted by Gasteiger charge is -2.17. The van der Waals surface area contributed by atoms with Crippen molar-refractivity contribution in [2.45, 2.75) is 19.9 Å². The van der Waals surface area contributed by atoms with Crippen LogP contribution in [0.15, 0.2) is 28.1 Å². The minimum Gasteiger partial charge on any atom is -0.495 e. The van der Waals surface area contributed by atoms with E-state index in [9.17, 15) is 0 Å². The van der Waals surface area contributed by atoms with E-state index < -0.39 is 0 Å². The largest absolute Gasteiger partial charge is 0.495 e. The Balaban J connectivity index is 2.25. The Labute approximate surface area is 130 Å². The summed E-state index contributed by atoms with van der Waals surface area (Å²) >= 11 is 11.3. The number of ether oxygens (including phenoxy) is 1. The maximum absolute atomic E-state index is 6.11. The second kappa shape index (κ2) is 6.16. The normalized spacial score (nSPS) is 12.3. The van der Waals surface area contributed by atoms with Gasteiger partial charge in [-0.1, -0.05) is 11.6 Å². The van der Waals surface area contributed by atoms with E-state index in [0.29, 0.717) is 5.02 Å². The predicted octanol–water partition coefficient (Wildman–Crippen LogP) is 5.65. The van der Waals surface area contributed by atoms with Gasteiger partial charge in [0.2, 0.25) is 0 Å². The van der Waals surface area contributed by atoms with Crippen molar-refractivity contribution in [1.82, 2.24) is 0 Å². The zero-order chi connectivity index (χ0) is 14.0. The fourth-order valence-corrected chi connectivity index (χ4v) is 3.41. The van der Waals surface area contributed by atoms with Crippen LogP contribution < -0.4 is 10.1 Å². The highest BCUT2D eigenvalue weighted by Crippen LogP contribution is 2.34. The fraction of sp³-hybridized carbons (Fsp3) is 0.286. The van der Waals surface area contributed by atoms with Gasteiger partial charge >= 0.3 is 0 Å². The van der Waals surface area contributed by atoms with Gasteiger partial charge in [-0.2, -0.15) is 0 Å². The molecule has 2 nitrogen and oxygen atoms in total. The van der Waals surface area contributed by atoms with E-state index in [1.807, 2.05) is 19.1 Å². The molecule has 5 heteroatoms. The first-order valence-corrected chi connectivity index (χ1v) is 7.91. The third kappa shape index (κ3) is 3.44. The third-order valence-electron chi connectivity index (χ3n) is 2.87. The van der Waals surface area contributed by atoms with Gasteiger partial charge in [0.15, 0.2) is 0 Å². The topological polar surface area (TPSA) is 21.3 Å². The van der Waals surface area contributed by atoms with Crippen molar-refractivity contribution < 1.29 is 4.74 Å². The number of benzene rings is 1. The Morgan fingerprint density at radius 1 is 1.37 bits per heavy atom. The van der Waals surface area contributed by atoms with Gasteiger partial charge < -0.3 is 10.1 Å². The van der Waals surface area contributed by atoms with E-state index in [4.69, 9.17) is 16.3 Å². The van der Waals surface area contributed by atoms with Gasteiger partial charge in [-0.05, 0) is 47.5 Å².